The molecule has 7 heteroatoms. The van der Waals surface area contributed by atoms with Crippen LogP contribution < -0.4 is 63.5 Å². The number of amides is 1. The maximum Gasteiger partial charge on any atom is 1.00 e. The average Bonchev–Trinajstić information content (AvgIpc) is 2.65. The topological polar surface area (TPSA) is 76.1 Å². The monoisotopic (exact) mass is 308 g/mol. The minimum Gasteiger partial charge on any atom is -0.541 e. The number of ketones is 1. The minimum absolute atomic E-state index is 0. The molecule has 0 bridgehead atoms. The van der Waals surface area contributed by atoms with E-state index >= 15 is 0 Å². The largest absolute Gasteiger partial charge is 1.00 e. The van der Waals surface area contributed by atoms with Crippen LogP contribution in [0.1, 0.15) is 22.3 Å². The first-order valence-electron chi connectivity index (χ1n) is 4.31. The van der Waals surface area contributed by atoms with Crippen LogP contribution in [0, 0.1) is 5.92 Å². The summed E-state index contributed by atoms with van der Waals surface area (Å²) < 4.78 is 0. The Kier molecular flexibility index (Phi) is 5.12. The van der Waals surface area contributed by atoms with Crippen LogP contribution in [0.4, 0.5) is 5.13 Å². The molecule has 2 rings (SSSR count). The van der Waals surface area contributed by atoms with Crippen LogP contribution in [0.15, 0.2) is 0 Å². The van der Waals surface area contributed by atoms with Crippen LogP contribution in [0.5, 0.6) is 0 Å². The Morgan fingerprint density at radius 3 is 2.81 bits per heavy atom. The third-order valence-corrected chi connectivity index (χ3v) is 3.09. The third-order valence-electron chi connectivity index (χ3n) is 2.06. The number of nitrogens with zero attached hydrogens (tertiary/aromatic N) is 1. The maximum absolute atomic E-state index is 11.5. The number of carbonyl (C=O) groups excluding carboxylic acids is 3. The standard InChI is InChI=1S/C9H7N2O3S.Rb/c1-4(13)10-9-11-6-2-5(3-12)7(14)8(6)15-9;/h5H,2H2,1H3,(H,10,11,13);/q-1;+1. The van der Waals surface area contributed by atoms with Gasteiger partial charge < -0.3 is 10.1 Å². The van der Waals surface area contributed by atoms with E-state index in [2.05, 4.69) is 10.3 Å². The van der Waals surface area contributed by atoms with Crippen LogP contribution in [0.3, 0.4) is 0 Å². The Balaban J connectivity index is 0.00000128. The van der Waals surface area contributed by atoms with E-state index in [-0.39, 0.29) is 69.9 Å². The molecule has 0 aliphatic heterocycles. The van der Waals surface area contributed by atoms with Gasteiger partial charge in [0.05, 0.1) is 10.6 Å². The van der Waals surface area contributed by atoms with Crippen molar-refractivity contribution in [2.75, 3.05) is 5.32 Å². The van der Waals surface area contributed by atoms with E-state index in [1.54, 1.807) is 6.29 Å². The summed E-state index contributed by atoms with van der Waals surface area (Å²) in [6.07, 6.45) is 1.99. The van der Waals surface area contributed by atoms with Crippen molar-refractivity contribution in [1.82, 2.24) is 4.98 Å². The van der Waals surface area contributed by atoms with E-state index in [0.29, 0.717) is 22.1 Å². The van der Waals surface area contributed by atoms with E-state index in [1.165, 1.54) is 6.92 Å². The van der Waals surface area contributed by atoms with E-state index in [0.717, 1.165) is 11.3 Å². The molecule has 0 saturated heterocycles. The molecule has 1 aliphatic rings. The van der Waals surface area contributed by atoms with E-state index in [1.807, 2.05) is 0 Å². The Morgan fingerprint density at radius 1 is 1.62 bits per heavy atom. The van der Waals surface area contributed by atoms with Crippen LogP contribution in [0.25, 0.3) is 0 Å². The van der Waals surface area contributed by atoms with Gasteiger partial charge in [0.15, 0.2) is 10.9 Å². The van der Waals surface area contributed by atoms with E-state index < -0.39 is 5.92 Å². The fourth-order valence-corrected chi connectivity index (χ4v) is 2.46. The summed E-state index contributed by atoms with van der Waals surface area (Å²) in [5, 5.41) is 2.91. The van der Waals surface area contributed by atoms with Crippen LogP contribution in [-0.4, -0.2) is 23.0 Å². The zero-order valence-electron chi connectivity index (χ0n) is 8.86. The Labute approximate surface area is 145 Å². The number of hydrogen-bond acceptors (Lipinski definition) is 5. The van der Waals surface area contributed by atoms with Gasteiger partial charge in [-0.15, -0.1) is 0 Å². The van der Waals surface area contributed by atoms with Crippen molar-refractivity contribution < 1.29 is 72.6 Å². The van der Waals surface area contributed by atoms with Gasteiger partial charge in [-0.25, -0.2) is 4.98 Å². The van der Waals surface area contributed by atoms with Gasteiger partial charge in [-0.1, -0.05) is 17.3 Å². The van der Waals surface area contributed by atoms with Crippen molar-refractivity contribution in [3.63, 3.8) is 0 Å². The first-order valence-corrected chi connectivity index (χ1v) is 5.12. The molecule has 1 aliphatic carbocycles. The fourth-order valence-electron chi connectivity index (χ4n) is 1.43. The van der Waals surface area contributed by atoms with Crippen LogP contribution >= 0.6 is 11.3 Å². The van der Waals surface area contributed by atoms with Crippen LogP contribution in [-0.2, 0) is 16.0 Å². The SMILES string of the molecule is CC(=O)Nc1nc2c(s1)C(=O)C([C-]=O)C2.[Rb+]. The number of carbonyl (C=O) groups is 2. The zero-order chi connectivity index (χ0) is 11.0. The molecule has 78 valence electrons. The predicted octanol–water partition coefficient (Wildman–Crippen LogP) is -2.43. The van der Waals surface area contributed by atoms with Crippen molar-refractivity contribution in [3.8, 4) is 0 Å². The molecule has 0 fully saturated rings. The summed E-state index contributed by atoms with van der Waals surface area (Å²) in [5.74, 6) is -1.17. The second-order valence-electron chi connectivity index (χ2n) is 3.21. The number of anilines is 1. The molecule has 1 atom stereocenters. The number of aromatic nitrogens is 1. The predicted molar refractivity (Wildman–Crippen MR) is 53.6 cm³/mol. The molecule has 1 aromatic heterocycles. The summed E-state index contributed by atoms with van der Waals surface area (Å²) in [4.78, 5) is 37.2. The first-order chi connectivity index (χ1) is 7.11. The Bertz CT molecular complexity index is 458. The van der Waals surface area contributed by atoms with Gasteiger partial charge in [0.2, 0.25) is 5.91 Å². The molecule has 1 aromatic rings. The zero-order valence-corrected chi connectivity index (χ0v) is 14.6. The number of thiazole rings is 1. The molecule has 16 heavy (non-hydrogen) atoms. The van der Waals surface area contributed by atoms with Crippen LogP contribution in [0.2, 0.25) is 0 Å². The Morgan fingerprint density at radius 2 is 2.31 bits per heavy atom. The Hall–Kier alpha value is 0.245. The molecular formula is C9H7N2O3RbS. The first kappa shape index (κ1) is 14.3. The van der Waals surface area contributed by atoms with Crippen molar-refractivity contribution in [2.45, 2.75) is 13.3 Å². The van der Waals surface area contributed by atoms with Gasteiger partial charge in [-0.05, 0) is 6.42 Å². The number of fused-ring (bicyclic) bond motifs is 1. The van der Waals surface area contributed by atoms with E-state index in [4.69, 9.17) is 0 Å². The summed E-state index contributed by atoms with van der Waals surface area (Å²) in [6.45, 7) is 1.37. The number of Topliss-reactive ketones (excluding diaryl/α,β-unsaturated/α-hetero) is 1. The molecule has 0 saturated carbocycles. The minimum atomic E-state index is -0.704. The summed E-state index contributed by atoms with van der Waals surface area (Å²) in [7, 11) is 0. The molecule has 0 aromatic carbocycles. The number of rotatable bonds is 2. The molecule has 1 amide bonds. The summed E-state index contributed by atoms with van der Waals surface area (Å²) in [6, 6.07) is 0. The van der Waals surface area contributed by atoms with Crippen molar-refractivity contribution in [2.24, 2.45) is 5.92 Å². The summed E-state index contributed by atoms with van der Waals surface area (Å²) in [5.41, 5.74) is 0.585. The van der Waals surface area contributed by atoms with Crippen molar-refractivity contribution >= 4 is 34.4 Å². The smallest absolute Gasteiger partial charge is 0.541 e. The summed E-state index contributed by atoms with van der Waals surface area (Å²) >= 11 is 1.11. The molecule has 1 heterocycles. The second kappa shape index (κ2) is 5.73. The van der Waals surface area contributed by atoms with Crippen molar-refractivity contribution in [1.29, 1.82) is 0 Å². The molecule has 1 N–H and O–H groups in total. The fraction of sp³-hybridized carbons (Fsp3) is 0.333. The molecule has 0 radical (unpaired) electrons. The average molecular weight is 309 g/mol. The number of nitrogens with one attached hydrogen (secondary N) is 1. The normalized spacial score (nSPS) is 17.6. The molecule has 0 spiro atoms. The third kappa shape index (κ3) is 2.73. The van der Waals surface area contributed by atoms with Gasteiger partial charge in [0.25, 0.3) is 0 Å². The van der Waals surface area contributed by atoms with Gasteiger partial charge in [0, 0.05) is 6.92 Å². The second-order valence-corrected chi connectivity index (χ2v) is 4.21. The van der Waals surface area contributed by atoms with Gasteiger partial charge in [-0.3, -0.25) is 15.9 Å². The number of hydrogen-bond donors (Lipinski definition) is 1. The van der Waals surface area contributed by atoms with Gasteiger partial charge in [-0.2, -0.15) is 0 Å². The van der Waals surface area contributed by atoms with Crippen molar-refractivity contribution in [3.05, 3.63) is 10.6 Å². The van der Waals surface area contributed by atoms with E-state index in [9.17, 15) is 14.4 Å². The van der Waals surface area contributed by atoms with Gasteiger partial charge >= 0.3 is 58.2 Å². The molecule has 5 nitrogen and oxygen atoms in total. The maximum atomic E-state index is 11.5. The molecular weight excluding hydrogens is 302 g/mol. The van der Waals surface area contributed by atoms with Gasteiger partial charge in [0.1, 0.15) is 0 Å². The quantitative estimate of drug-likeness (QED) is 0.487. The molecule has 1 unspecified atom stereocenters.